The molecule has 0 amide bonds. The molecule has 0 aliphatic carbocycles. The van der Waals surface area contributed by atoms with Crippen LogP contribution in [0.1, 0.15) is 5.56 Å². The van der Waals surface area contributed by atoms with Crippen molar-refractivity contribution >= 4 is 39.5 Å². The lowest BCUT2D eigenvalue weighted by Gasteiger charge is -2.05. The molecule has 0 aliphatic rings. The summed E-state index contributed by atoms with van der Waals surface area (Å²) in [6.45, 7) is 0.755. The van der Waals surface area contributed by atoms with Gasteiger partial charge in [0.05, 0.1) is 0 Å². The number of furan rings is 1. The van der Waals surface area contributed by atoms with E-state index in [0.29, 0.717) is 5.58 Å². The number of para-hydroxylation sites is 1. The average molecular weight is 324 g/mol. The van der Waals surface area contributed by atoms with E-state index in [0.717, 1.165) is 40.3 Å². The first-order valence-corrected chi connectivity index (χ1v) is 7.79. The van der Waals surface area contributed by atoms with Crippen molar-refractivity contribution in [1.29, 1.82) is 0 Å². The molecule has 23 heavy (non-hydrogen) atoms. The highest BCUT2D eigenvalue weighted by molar-refractivity contribution is 6.30. The Balaban J connectivity index is 1.58. The molecule has 0 fully saturated rings. The first-order chi connectivity index (χ1) is 11.3. The minimum atomic E-state index is 0.699. The van der Waals surface area contributed by atoms with Gasteiger partial charge >= 0.3 is 0 Å². The highest BCUT2D eigenvalue weighted by atomic mass is 35.5. The molecule has 0 radical (unpaired) electrons. The quantitative estimate of drug-likeness (QED) is 0.592. The number of anilines is 1. The molecule has 4 aromatic rings. The summed E-state index contributed by atoms with van der Waals surface area (Å²) in [5.74, 6) is 0.722. The third kappa shape index (κ3) is 2.73. The standard InChI is InChI=1S/C18H14ClN3O/c19-13-7-5-12(6-8-13)9-10-20-18-17-16(21-11-22-18)14-3-1-2-4-15(14)23-17/h1-8,11H,9-10H2,(H,20,21,22). The Kier molecular flexibility index (Phi) is 3.60. The number of hydrogen-bond acceptors (Lipinski definition) is 4. The van der Waals surface area contributed by atoms with Crippen molar-refractivity contribution in [2.75, 3.05) is 11.9 Å². The Labute approximate surface area is 138 Å². The van der Waals surface area contributed by atoms with Gasteiger partial charge in [0, 0.05) is 17.0 Å². The van der Waals surface area contributed by atoms with Crippen LogP contribution in [0, 0.1) is 0 Å². The lowest BCUT2D eigenvalue weighted by Crippen LogP contribution is -2.06. The second-order valence-corrected chi connectivity index (χ2v) is 5.74. The van der Waals surface area contributed by atoms with Gasteiger partial charge < -0.3 is 9.73 Å². The molecule has 5 heteroatoms. The number of hydrogen-bond donors (Lipinski definition) is 1. The number of fused-ring (bicyclic) bond motifs is 3. The van der Waals surface area contributed by atoms with Gasteiger partial charge in [0.2, 0.25) is 0 Å². The Bertz CT molecular complexity index is 963. The molecule has 2 heterocycles. The van der Waals surface area contributed by atoms with Crippen LogP contribution >= 0.6 is 11.6 Å². The van der Waals surface area contributed by atoms with Gasteiger partial charge in [-0.3, -0.25) is 0 Å². The van der Waals surface area contributed by atoms with E-state index in [2.05, 4.69) is 15.3 Å². The molecule has 2 aromatic heterocycles. The Morgan fingerprint density at radius 2 is 1.83 bits per heavy atom. The normalized spacial score (nSPS) is 11.2. The molecular formula is C18H14ClN3O. The van der Waals surface area contributed by atoms with E-state index in [1.54, 1.807) is 6.33 Å². The van der Waals surface area contributed by atoms with Crippen LogP contribution in [-0.4, -0.2) is 16.5 Å². The lowest BCUT2D eigenvalue weighted by molar-refractivity contribution is 0.666. The van der Waals surface area contributed by atoms with Gasteiger partial charge in [-0.15, -0.1) is 0 Å². The van der Waals surface area contributed by atoms with Crippen LogP contribution in [0.15, 0.2) is 59.3 Å². The van der Waals surface area contributed by atoms with Gasteiger partial charge in [0.15, 0.2) is 11.4 Å². The fourth-order valence-corrected chi connectivity index (χ4v) is 2.75. The van der Waals surface area contributed by atoms with Gasteiger partial charge in [0.25, 0.3) is 0 Å². The first-order valence-electron chi connectivity index (χ1n) is 7.42. The molecule has 0 aliphatic heterocycles. The van der Waals surface area contributed by atoms with E-state index in [1.807, 2.05) is 48.5 Å². The molecular weight excluding hydrogens is 310 g/mol. The van der Waals surface area contributed by atoms with Crippen molar-refractivity contribution < 1.29 is 4.42 Å². The van der Waals surface area contributed by atoms with Crippen molar-refractivity contribution in [2.45, 2.75) is 6.42 Å². The smallest absolute Gasteiger partial charge is 0.196 e. The van der Waals surface area contributed by atoms with Crippen molar-refractivity contribution in [3.05, 3.63) is 65.4 Å². The molecule has 0 saturated carbocycles. The topological polar surface area (TPSA) is 51.0 Å². The van der Waals surface area contributed by atoms with E-state index in [-0.39, 0.29) is 0 Å². The molecule has 0 atom stereocenters. The second kappa shape index (κ2) is 5.89. The third-order valence-electron chi connectivity index (χ3n) is 3.78. The molecule has 0 spiro atoms. The molecule has 1 N–H and O–H groups in total. The average Bonchev–Trinajstić information content (AvgIpc) is 2.96. The summed E-state index contributed by atoms with van der Waals surface area (Å²) in [4.78, 5) is 8.66. The predicted molar refractivity (Wildman–Crippen MR) is 93.0 cm³/mol. The van der Waals surface area contributed by atoms with E-state index in [1.165, 1.54) is 5.56 Å². The molecule has 114 valence electrons. The summed E-state index contributed by atoms with van der Waals surface area (Å²) in [6, 6.07) is 15.7. The van der Waals surface area contributed by atoms with Crippen LogP contribution in [0.2, 0.25) is 5.02 Å². The first kappa shape index (κ1) is 14.0. The zero-order valence-corrected chi connectivity index (χ0v) is 13.0. The van der Waals surface area contributed by atoms with Crippen LogP contribution in [0.25, 0.3) is 22.1 Å². The highest BCUT2D eigenvalue weighted by Crippen LogP contribution is 2.30. The summed E-state index contributed by atoms with van der Waals surface area (Å²) in [7, 11) is 0. The van der Waals surface area contributed by atoms with Gasteiger partial charge in [-0.05, 0) is 36.2 Å². The highest BCUT2D eigenvalue weighted by Gasteiger charge is 2.12. The summed E-state index contributed by atoms with van der Waals surface area (Å²) >= 11 is 5.90. The minimum absolute atomic E-state index is 0.699. The summed E-state index contributed by atoms with van der Waals surface area (Å²) < 4.78 is 5.90. The maximum Gasteiger partial charge on any atom is 0.196 e. The molecule has 2 aromatic carbocycles. The lowest BCUT2D eigenvalue weighted by atomic mass is 10.1. The summed E-state index contributed by atoms with van der Waals surface area (Å²) in [5, 5.41) is 5.09. The summed E-state index contributed by atoms with van der Waals surface area (Å²) in [5.41, 5.74) is 3.58. The van der Waals surface area contributed by atoms with E-state index < -0.39 is 0 Å². The number of halogens is 1. The molecule has 0 unspecified atom stereocenters. The number of nitrogens with one attached hydrogen (secondary N) is 1. The zero-order valence-electron chi connectivity index (χ0n) is 12.3. The number of nitrogens with zero attached hydrogens (tertiary/aromatic N) is 2. The van der Waals surface area contributed by atoms with Crippen LogP contribution in [0.5, 0.6) is 0 Å². The monoisotopic (exact) mass is 323 g/mol. The molecule has 4 nitrogen and oxygen atoms in total. The van der Waals surface area contributed by atoms with Crippen LogP contribution in [0.3, 0.4) is 0 Å². The maximum absolute atomic E-state index is 5.90. The fraction of sp³-hybridized carbons (Fsp3) is 0.111. The van der Waals surface area contributed by atoms with Crippen LogP contribution in [-0.2, 0) is 6.42 Å². The molecule has 0 bridgehead atoms. The van der Waals surface area contributed by atoms with Gasteiger partial charge in [-0.1, -0.05) is 35.9 Å². The predicted octanol–water partition coefficient (Wildman–Crippen LogP) is 4.68. The van der Waals surface area contributed by atoms with Crippen LogP contribution < -0.4 is 5.32 Å². The van der Waals surface area contributed by atoms with Crippen molar-refractivity contribution in [2.24, 2.45) is 0 Å². The third-order valence-corrected chi connectivity index (χ3v) is 4.03. The zero-order chi connectivity index (χ0) is 15.6. The minimum Gasteiger partial charge on any atom is -0.450 e. The molecule has 0 saturated heterocycles. The van der Waals surface area contributed by atoms with E-state index in [9.17, 15) is 0 Å². The Morgan fingerprint density at radius 3 is 2.70 bits per heavy atom. The van der Waals surface area contributed by atoms with Gasteiger partial charge in [-0.25, -0.2) is 9.97 Å². The Hall–Kier alpha value is -2.59. The van der Waals surface area contributed by atoms with Crippen molar-refractivity contribution in [3.63, 3.8) is 0 Å². The SMILES string of the molecule is Clc1ccc(CCNc2ncnc3c2oc2ccccc23)cc1. The fourth-order valence-electron chi connectivity index (χ4n) is 2.63. The Morgan fingerprint density at radius 1 is 1.00 bits per heavy atom. The largest absolute Gasteiger partial charge is 0.450 e. The molecule has 4 rings (SSSR count). The van der Waals surface area contributed by atoms with Crippen molar-refractivity contribution in [3.8, 4) is 0 Å². The number of aromatic nitrogens is 2. The van der Waals surface area contributed by atoms with E-state index in [4.69, 9.17) is 16.0 Å². The summed E-state index contributed by atoms with van der Waals surface area (Å²) in [6.07, 6.45) is 2.44. The van der Waals surface area contributed by atoms with Crippen molar-refractivity contribution in [1.82, 2.24) is 9.97 Å². The van der Waals surface area contributed by atoms with E-state index >= 15 is 0 Å². The maximum atomic E-state index is 5.90. The second-order valence-electron chi connectivity index (χ2n) is 5.30. The number of rotatable bonds is 4. The van der Waals surface area contributed by atoms with Crippen LogP contribution in [0.4, 0.5) is 5.82 Å². The number of benzene rings is 2. The van der Waals surface area contributed by atoms with Gasteiger partial charge in [0.1, 0.15) is 17.4 Å². The van der Waals surface area contributed by atoms with Gasteiger partial charge in [-0.2, -0.15) is 0 Å².